The van der Waals surface area contributed by atoms with E-state index in [2.05, 4.69) is 5.32 Å². The molecule has 16 heavy (non-hydrogen) atoms. The van der Waals surface area contributed by atoms with Gasteiger partial charge in [0.05, 0.1) is 11.8 Å². The van der Waals surface area contributed by atoms with E-state index in [1.807, 2.05) is 19.1 Å². The van der Waals surface area contributed by atoms with Crippen LogP contribution in [0.4, 0.5) is 0 Å². The second-order valence-electron chi connectivity index (χ2n) is 4.13. The van der Waals surface area contributed by atoms with Crippen molar-refractivity contribution >= 4 is 11.9 Å². The van der Waals surface area contributed by atoms with Crippen LogP contribution in [0.15, 0.2) is 12.2 Å². The summed E-state index contributed by atoms with van der Waals surface area (Å²) in [5.41, 5.74) is 0. The fourth-order valence-electron chi connectivity index (χ4n) is 2.15. The van der Waals surface area contributed by atoms with Gasteiger partial charge < -0.3 is 10.4 Å². The minimum absolute atomic E-state index is 0.102. The number of aliphatic carboxylic acids is 1. The van der Waals surface area contributed by atoms with Crippen molar-refractivity contribution in [1.29, 1.82) is 0 Å². The maximum Gasteiger partial charge on any atom is 0.307 e. The van der Waals surface area contributed by atoms with Crippen molar-refractivity contribution < 1.29 is 14.7 Å². The molecule has 1 rings (SSSR count). The van der Waals surface area contributed by atoms with Crippen molar-refractivity contribution in [2.45, 2.75) is 32.6 Å². The van der Waals surface area contributed by atoms with E-state index in [1.165, 1.54) is 0 Å². The van der Waals surface area contributed by atoms with Crippen molar-refractivity contribution in [2.75, 3.05) is 6.54 Å². The van der Waals surface area contributed by atoms with Gasteiger partial charge in [0.25, 0.3) is 0 Å². The van der Waals surface area contributed by atoms with Crippen LogP contribution in [0.25, 0.3) is 0 Å². The first-order valence-electron chi connectivity index (χ1n) is 5.78. The number of hydrogen-bond acceptors (Lipinski definition) is 2. The Morgan fingerprint density at radius 3 is 2.69 bits per heavy atom. The molecule has 90 valence electrons. The Hall–Kier alpha value is -1.32. The normalized spacial score (nSPS) is 24.8. The highest BCUT2D eigenvalue weighted by atomic mass is 16.4. The molecule has 0 aromatic heterocycles. The summed E-state index contributed by atoms with van der Waals surface area (Å²) in [6.45, 7) is 2.52. The van der Waals surface area contributed by atoms with E-state index in [-0.39, 0.29) is 11.8 Å². The number of amides is 1. The number of rotatable bonds is 5. The molecule has 4 heteroatoms. The predicted molar refractivity (Wildman–Crippen MR) is 60.9 cm³/mol. The molecule has 2 atom stereocenters. The molecule has 0 aromatic rings. The molecule has 4 nitrogen and oxygen atoms in total. The third-order valence-electron chi connectivity index (χ3n) is 3.02. The number of carboxylic acids is 1. The number of allylic oxidation sites excluding steroid dienone is 1. The maximum absolute atomic E-state index is 11.7. The molecular weight excluding hydrogens is 206 g/mol. The predicted octanol–water partition coefficient (Wildman–Crippen LogP) is 1.57. The molecule has 0 unspecified atom stereocenters. The number of carboxylic acid groups (broad SMARTS) is 1. The lowest BCUT2D eigenvalue weighted by atomic mass is 9.95. The molecule has 1 saturated carbocycles. The lowest BCUT2D eigenvalue weighted by molar-refractivity contribution is -0.146. The van der Waals surface area contributed by atoms with Crippen LogP contribution >= 0.6 is 0 Å². The highest BCUT2D eigenvalue weighted by Gasteiger charge is 2.37. The van der Waals surface area contributed by atoms with Gasteiger partial charge in [0, 0.05) is 6.54 Å². The van der Waals surface area contributed by atoms with Crippen molar-refractivity contribution in [3.8, 4) is 0 Å². The van der Waals surface area contributed by atoms with Crippen LogP contribution in [-0.2, 0) is 9.59 Å². The van der Waals surface area contributed by atoms with Gasteiger partial charge in [-0.25, -0.2) is 0 Å². The monoisotopic (exact) mass is 225 g/mol. The number of carbonyl (C=O) groups is 2. The summed E-state index contributed by atoms with van der Waals surface area (Å²) in [7, 11) is 0. The maximum atomic E-state index is 11.7. The second kappa shape index (κ2) is 6.30. The average molecular weight is 225 g/mol. The molecule has 0 aliphatic heterocycles. The first-order valence-corrected chi connectivity index (χ1v) is 5.78. The van der Waals surface area contributed by atoms with Crippen molar-refractivity contribution in [2.24, 2.45) is 11.8 Å². The molecule has 1 aliphatic carbocycles. The van der Waals surface area contributed by atoms with Crippen LogP contribution in [-0.4, -0.2) is 23.5 Å². The van der Waals surface area contributed by atoms with Gasteiger partial charge in [0.1, 0.15) is 0 Å². The average Bonchev–Trinajstić information content (AvgIpc) is 2.73. The van der Waals surface area contributed by atoms with Gasteiger partial charge in [0.15, 0.2) is 0 Å². The van der Waals surface area contributed by atoms with Crippen LogP contribution in [0.3, 0.4) is 0 Å². The zero-order valence-corrected chi connectivity index (χ0v) is 9.61. The first kappa shape index (κ1) is 12.7. The molecule has 0 saturated heterocycles. The Morgan fingerprint density at radius 1 is 1.38 bits per heavy atom. The highest BCUT2D eigenvalue weighted by Crippen LogP contribution is 2.31. The van der Waals surface area contributed by atoms with Gasteiger partial charge in [-0.3, -0.25) is 9.59 Å². The fourth-order valence-corrected chi connectivity index (χ4v) is 2.15. The van der Waals surface area contributed by atoms with Crippen LogP contribution in [0.5, 0.6) is 0 Å². The van der Waals surface area contributed by atoms with Crippen LogP contribution in [0.2, 0.25) is 0 Å². The Balaban J connectivity index is 2.38. The molecule has 1 amide bonds. The fraction of sp³-hybridized carbons (Fsp3) is 0.667. The van der Waals surface area contributed by atoms with E-state index >= 15 is 0 Å². The van der Waals surface area contributed by atoms with E-state index in [0.29, 0.717) is 19.4 Å². The van der Waals surface area contributed by atoms with Gasteiger partial charge in [-0.15, -0.1) is 0 Å². The summed E-state index contributed by atoms with van der Waals surface area (Å²) in [6.07, 6.45) is 6.87. The number of carbonyl (C=O) groups excluding carboxylic acids is 1. The molecule has 0 radical (unpaired) electrons. The minimum Gasteiger partial charge on any atom is -0.481 e. The Morgan fingerprint density at radius 2 is 2.06 bits per heavy atom. The topological polar surface area (TPSA) is 66.4 Å². The molecular formula is C12H19NO3. The SMILES string of the molecule is C/C=C/CCNC(=O)[C@@H]1CCC[C@@H]1C(=O)O. The van der Waals surface area contributed by atoms with Gasteiger partial charge in [-0.05, 0) is 26.2 Å². The summed E-state index contributed by atoms with van der Waals surface area (Å²) in [5.74, 6) is -1.76. The van der Waals surface area contributed by atoms with E-state index in [1.54, 1.807) is 0 Å². The highest BCUT2D eigenvalue weighted by molar-refractivity contribution is 5.85. The number of nitrogens with one attached hydrogen (secondary N) is 1. The molecule has 1 aliphatic rings. The summed E-state index contributed by atoms with van der Waals surface area (Å²) in [6, 6.07) is 0. The Labute approximate surface area is 95.7 Å². The van der Waals surface area contributed by atoms with E-state index < -0.39 is 11.9 Å². The number of hydrogen-bond donors (Lipinski definition) is 2. The molecule has 2 N–H and O–H groups in total. The minimum atomic E-state index is -0.842. The van der Waals surface area contributed by atoms with Crippen LogP contribution in [0, 0.1) is 11.8 Å². The summed E-state index contributed by atoms with van der Waals surface area (Å²) in [5, 5.41) is 11.7. The Kier molecular flexibility index (Phi) is 5.02. The van der Waals surface area contributed by atoms with E-state index in [9.17, 15) is 9.59 Å². The van der Waals surface area contributed by atoms with Gasteiger partial charge in [0.2, 0.25) is 5.91 Å². The van der Waals surface area contributed by atoms with Crippen LogP contribution < -0.4 is 5.32 Å². The van der Waals surface area contributed by atoms with Gasteiger partial charge >= 0.3 is 5.97 Å². The summed E-state index contributed by atoms with van der Waals surface area (Å²) < 4.78 is 0. The molecule has 0 heterocycles. The van der Waals surface area contributed by atoms with Crippen LogP contribution in [0.1, 0.15) is 32.6 Å². The van der Waals surface area contributed by atoms with E-state index in [0.717, 1.165) is 12.8 Å². The third kappa shape index (κ3) is 3.36. The molecule has 1 fully saturated rings. The van der Waals surface area contributed by atoms with Gasteiger partial charge in [-0.2, -0.15) is 0 Å². The summed E-state index contributed by atoms with van der Waals surface area (Å²) >= 11 is 0. The van der Waals surface area contributed by atoms with Crippen molar-refractivity contribution in [1.82, 2.24) is 5.32 Å². The largest absolute Gasteiger partial charge is 0.481 e. The zero-order chi connectivity index (χ0) is 12.0. The second-order valence-corrected chi connectivity index (χ2v) is 4.13. The summed E-state index contributed by atoms with van der Waals surface area (Å²) in [4.78, 5) is 22.6. The quantitative estimate of drug-likeness (QED) is 0.551. The molecule has 0 bridgehead atoms. The Bertz CT molecular complexity index is 286. The third-order valence-corrected chi connectivity index (χ3v) is 3.02. The first-order chi connectivity index (χ1) is 7.66. The lowest BCUT2D eigenvalue weighted by Crippen LogP contribution is -2.35. The molecule has 0 aromatic carbocycles. The van der Waals surface area contributed by atoms with Gasteiger partial charge in [-0.1, -0.05) is 18.6 Å². The zero-order valence-electron chi connectivity index (χ0n) is 9.61. The van der Waals surface area contributed by atoms with E-state index in [4.69, 9.17) is 5.11 Å². The standard InChI is InChI=1S/C12H19NO3/c1-2-3-4-8-13-11(14)9-6-5-7-10(9)12(15)16/h2-3,9-10H,4-8H2,1H3,(H,13,14)(H,15,16)/b3-2+/t9-,10+/m1/s1. The van der Waals surface area contributed by atoms with Crippen molar-refractivity contribution in [3.05, 3.63) is 12.2 Å². The van der Waals surface area contributed by atoms with Crippen molar-refractivity contribution in [3.63, 3.8) is 0 Å². The lowest BCUT2D eigenvalue weighted by Gasteiger charge is -2.14. The molecule has 0 spiro atoms. The smallest absolute Gasteiger partial charge is 0.307 e.